The summed E-state index contributed by atoms with van der Waals surface area (Å²) >= 11 is 6.08. The van der Waals surface area contributed by atoms with Crippen LogP contribution < -0.4 is 0 Å². The van der Waals surface area contributed by atoms with Crippen molar-refractivity contribution in [3.8, 4) is 0 Å². The van der Waals surface area contributed by atoms with Crippen LogP contribution in [0.3, 0.4) is 0 Å². The van der Waals surface area contributed by atoms with Crippen LogP contribution >= 0.6 is 11.6 Å². The molecular weight excluding hydrogens is 536 g/mol. The van der Waals surface area contributed by atoms with Gasteiger partial charge in [0, 0.05) is 36.8 Å². The van der Waals surface area contributed by atoms with Crippen LogP contribution in [-0.4, -0.2) is 53.8 Å². The van der Waals surface area contributed by atoms with Gasteiger partial charge in [-0.3, -0.25) is 14.4 Å². The van der Waals surface area contributed by atoms with Crippen molar-refractivity contribution in [3.63, 3.8) is 0 Å². The molecular formula is C34H41ClN2O4. The summed E-state index contributed by atoms with van der Waals surface area (Å²) < 4.78 is 5.68. The van der Waals surface area contributed by atoms with Crippen molar-refractivity contribution in [2.45, 2.75) is 70.6 Å². The van der Waals surface area contributed by atoms with Crippen LogP contribution in [0.25, 0.3) is 0 Å². The number of nitrogens with zero attached hydrogens (tertiary/aromatic N) is 2. The molecule has 2 amide bonds. The standard InChI is InChI=1S/C34H41ClN2O4/c1-2-41-33(40)34-20-9-4-3-8-12-30(34)37(23-17-25-13-15-28(35)16-14-25)32(39)29(34)24-31(38)36-21-18-27(19-22-36)26-10-6-5-7-11-26/h5-7,10-16,27,29H,2-4,8-9,17-24H2,1H3/b30-12+/t29-,34+/m1/s1. The number of rotatable bonds is 8. The number of allylic oxidation sites excluding steroid dienone is 1. The largest absolute Gasteiger partial charge is 0.465 e. The van der Waals surface area contributed by atoms with Gasteiger partial charge in [0.05, 0.1) is 12.5 Å². The minimum absolute atomic E-state index is 0.0302. The maximum absolute atomic E-state index is 14.2. The summed E-state index contributed by atoms with van der Waals surface area (Å²) in [4.78, 5) is 45.6. The third-order valence-corrected chi connectivity index (χ3v) is 9.45. The summed E-state index contributed by atoms with van der Waals surface area (Å²) in [5.74, 6) is -0.860. The second kappa shape index (κ2) is 13.2. The minimum atomic E-state index is -1.12. The molecule has 2 fully saturated rings. The van der Waals surface area contributed by atoms with Gasteiger partial charge < -0.3 is 14.5 Å². The highest BCUT2D eigenvalue weighted by Crippen LogP contribution is 2.53. The van der Waals surface area contributed by atoms with Gasteiger partial charge in [-0.15, -0.1) is 0 Å². The van der Waals surface area contributed by atoms with Gasteiger partial charge in [0.1, 0.15) is 5.41 Å². The molecule has 7 heteroatoms. The number of benzene rings is 2. The van der Waals surface area contributed by atoms with Crippen molar-refractivity contribution in [3.05, 3.63) is 82.5 Å². The van der Waals surface area contributed by atoms with Crippen molar-refractivity contribution in [1.82, 2.24) is 9.80 Å². The number of amides is 2. The van der Waals surface area contributed by atoms with Crippen molar-refractivity contribution in [2.75, 3.05) is 26.2 Å². The van der Waals surface area contributed by atoms with E-state index in [0.29, 0.717) is 43.4 Å². The highest BCUT2D eigenvalue weighted by molar-refractivity contribution is 6.30. The number of halogens is 1. The van der Waals surface area contributed by atoms with E-state index in [1.165, 1.54) is 5.56 Å². The topological polar surface area (TPSA) is 66.9 Å². The first-order chi connectivity index (χ1) is 19.9. The van der Waals surface area contributed by atoms with Gasteiger partial charge in [0.25, 0.3) is 0 Å². The molecule has 2 heterocycles. The summed E-state index contributed by atoms with van der Waals surface area (Å²) in [6.45, 7) is 3.80. The van der Waals surface area contributed by atoms with Gasteiger partial charge in [-0.2, -0.15) is 0 Å². The maximum atomic E-state index is 14.2. The molecule has 2 aliphatic heterocycles. The Morgan fingerprint density at radius 1 is 1.00 bits per heavy atom. The number of piperidine rings is 1. The second-order valence-corrected chi connectivity index (χ2v) is 12.0. The Bertz CT molecular complexity index is 1250. The maximum Gasteiger partial charge on any atom is 0.318 e. The molecule has 5 rings (SSSR count). The summed E-state index contributed by atoms with van der Waals surface area (Å²) in [5.41, 5.74) is 2.00. The van der Waals surface area contributed by atoms with E-state index < -0.39 is 11.3 Å². The fraction of sp³-hybridized carbons (Fsp3) is 0.500. The van der Waals surface area contributed by atoms with Gasteiger partial charge >= 0.3 is 5.97 Å². The number of hydrogen-bond donors (Lipinski definition) is 0. The zero-order valence-electron chi connectivity index (χ0n) is 24.0. The van der Waals surface area contributed by atoms with Gasteiger partial charge in [0.15, 0.2) is 0 Å². The van der Waals surface area contributed by atoms with Gasteiger partial charge in [0.2, 0.25) is 11.8 Å². The Morgan fingerprint density at radius 2 is 1.73 bits per heavy atom. The van der Waals surface area contributed by atoms with Crippen LogP contribution in [0.2, 0.25) is 5.02 Å². The molecule has 2 saturated heterocycles. The molecule has 41 heavy (non-hydrogen) atoms. The fourth-order valence-corrected chi connectivity index (χ4v) is 7.11. The molecule has 2 aromatic carbocycles. The SMILES string of the molecule is CCOC(=O)[C@]12CCCCC/C=C\1N(CCc1ccc(Cl)cc1)C(=O)[C@H]2CC(=O)N1CCC(c2ccccc2)CC1. The predicted octanol–water partition coefficient (Wildman–Crippen LogP) is 6.53. The molecule has 1 aliphatic carbocycles. The zero-order chi connectivity index (χ0) is 28.8. The Balaban J connectivity index is 1.39. The van der Waals surface area contributed by atoms with Gasteiger partial charge in [-0.1, -0.05) is 73.0 Å². The molecule has 0 unspecified atom stereocenters. The highest BCUT2D eigenvalue weighted by Gasteiger charge is 2.61. The van der Waals surface area contributed by atoms with Crippen molar-refractivity contribution < 1.29 is 19.1 Å². The average Bonchev–Trinajstić information content (AvgIpc) is 3.19. The Labute approximate surface area is 248 Å². The molecule has 2 aromatic rings. The van der Waals surface area contributed by atoms with Crippen LogP contribution in [0, 0.1) is 11.3 Å². The summed E-state index contributed by atoms with van der Waals surface area (Å²) in [7, 11) is 0. The van der Waals surface area contributed by atoms with E-state index in [0.717, 1.165) is 49.8 Å². The monoisotopic (exact) mass is 576 g/mol. The lowest BCUT2D eigenvalue weighted by Gasteiger charge is -2.36. The summed E-state index contributed by atoms with van der Waals surface area (Å²) in [6.07, 6.45) is 8.68. The lowest BCUT2D eigenvalue weighted by atomic mass is 9.69. The summed E-state index contributed by atoms with van der Waals surface area (Å²) in [5, 5.41) is 0.668. The van der Waals surface area contributed by atoms with Crippen molar-refractivity contribution >= 4 is 29.4 Å². The van der Waals surface area contributed by atoms with Gasteiger partial charge in [-0.25, -0.2) is 0 Å². The Morgan fingerprint density at radius 3 is 2.44 bits per heavy atom. The summed E-state index contributed by atoms with van der Waals surface area (Å²) in [6, 6.07) is 18.1. The van der Waals surface area contributed by atoms with E-state index in [1.807, 2.05) is 35.2 Å². The van der Waals surface area contributed by atoms with Crippen molar-refractivity contribution in [1.29, 1.82) is 0 Å². The molecule has 0 spiro atoms. The molecule has 0 aromatic heterocycles. The third kappa shape index (κ3) is 6.23. The van der Waals surface area contributed by atoms with E-state index in [1.54, 1.807) is 11.8 Å². The number of ether oxygens (including phenoxy) is 1. The van der Waals surface area contributed by atoms with Crippen LogP contribution in [0.5, 0.6) is 0 Å². The minimum Gasteiger partial charge on any atom is -0.465 e. The Kier molecular flexibility index (Phi) is 9.49. The Hall–Kier alpha value is -3.12. The number of likely N-dealkylation sites (tertiary alicyclic amines) is 2. The van der Waals surface area contributed by atoms with Crippen LogP contribution in [0.4, 0.5) is 0 Å². The van der Waals surface area contributed by atoms with Crippen LogP contribution in [-0.2, 0) is 25.5 Å². The second-order valence-electron chi connectivity index (χ2n) is 11.6. The number of fused-ring (bicyclic) bond motifs is 1. The average molecular weight is 577 g/mol. The van der Waals surface area contributed by atoms with E-state index in [4.69, 9.17) is 16.3 Å². The van der Waals surface area contributed by atoms with Crippen LogP contribution in [0.1, 0.15) is 75.3 Å². The first kappa shape index (κ1) is 29.4. The zero-order valence-corrected chi connectivity index (χ0v) is 24.8. The lowest BCUT2D eigenvalue weighted by molar-refractivity contribution is -0.158. The molecule has 3 aliphatic rings. The first-order valence-electron chi connectivity index (χ1n) is 15.2. The normalized spacial score (nSPS) is 24.7. The van der Waals surface area contributed by atoms with E-state index in [-0.39, 0.29) is 30.8 Å². The molecule has 0 bridgehead atoms. The molecule has 2 atom stereocenters. The van der Waals surface area contributed by atoms with E-state index in [9.17, 15) is 14.4 Å². The molecule has 0 saturated carbocycles. The molecule has 6 nitrogen and oxygen atoms in total. The quantitative estimate of drug-likeness (QED) is 0.335. The number of carbonyl (C=O) groups excluding carboxylic acids is 3. The van der Waals surface area contributed by atoms with Crippen molar-refractivity contribution in [2.24, 2.45) is 11.3 Å². The highest BCUT2D eigenvalue weighted by atomic mass is 35.5. The van der Waals surface area contributed by atoms with Gasteiger partial charge in [-0.05, 0) is 74.6 Å². The molecule has 218 valence electrons. The molecule has 0 radical (unpaired) electrons. The number of esters is 1. The first-order valence-corrected chi connectivity index (χ1v) is 15.6. The number of carbonyl (C=O) groups is 3. The molecule has 0 N–H and O–H groups in total. The fourth-order valence-electron chi connectivity index (χ4n) is 6.98. The lowest BCUT2D eigenvalue weighted by Crippen LogP contribution is -2.44. The van der Waals surface area contributed by atoms with E-state index in [2.05, 4.69) is 30.3 Å². The number of hydrogen-bond acceptors (Lipinski definition) is 4. The van der Waals surface area contributed by atoms with E-state index >= 15 is 0 Å². The smallest absolute Gasteiger partial charge is 0.318 e. The third-order valence-electron chi connectivity index (χ3n) is 9.19. The van der Waals surface area contributed by atoms with Crippen LogP contribution in [0.15, 0.2) is 66.4 Å². The predicted molar refractivity (Wildman–Crippen MR) is 160 cm³/mol.